The van der Waals surface area contributed by atoms with Gasteiger partial charge in [0, 0.05) is 6.42 Å². The van der Waals surface area contributed by atoms with Crippen LogP contribution in [0.25, 0.3) is 0 Å². The first-order chi connectivity index (χ1) is 4.06. The van der Waals surface area contributed by atoms with E-state index in [1.807, 2.05) is 6.92 Å². The van der Waals surface area contributed by atoms with Crippen LogP contribution in [-0.4, -0.2) is 14.9 Å². The lowest BCUT2D eigenvalue weighted by molar-refractivity contribution is -0.0171. The molecule has 0 radical (unpaired) electrons. The van der Waals surface area contributed by atoms with Crippen LogP contribution in [0.4, 0.5) is 0 Å². The molecule has 2 N–H and O–H groups in total. The van der Waals surface area contributed by atoms with Crippen LogP contribution in [0, 0.1) is 11.8 Å². The average Bonchev–Trinajstić information content (AvgIpc) is 1.63. The molecule has 0 saturated carbocycles. The summed E-state index contributed by atoms with van der Waals surface area (Å²) < 4.78 is -2.00. The zero-order valence-electron chi connectivity index (χ0n) is 5.19. The number of alkyl halides is 1. The molecule has 0 aliphatic carbocycles. The van der Waals surface area contributed by atoms with Crippen LogP contribution in [0.3, 0.4) is 0 Å². The lowest BCUT2D eigenvalue weighted by Crippen LogP contribution is -2.14. The van der Waals surface area contributed by atoms with Crippen LogP contribution >= 0.6 is 15.9 Å². The van der Waals surface area contributed by atoms with Gasteiger partial charge < -0.3 is 10.2 Å². The highest BCUT2D eigenvalue weighted by Crippen LogP contribution is 2.05. The van der Waals surface area contributed by atoms with Gasteiger partial charge in [-0.2, -0.15) is 0 Å². The number of unbranched alkanes of at least 4 members (excludes halogenated alkanes) is 1. The highest BCUT2D eigenvalue weighted by Gasteiger charge is 2.10. The van der Waals surface area contributed by atoms with E-state index in [2.05, 4.69) is 27.8 Å². The predicted molar refractivity (Wildman–Crippen MR) is 38.8 cm³/mol. The molecular weight excluding hydrogens is 184 g/mol. The number of hydrogen-bond acceptors (Lipinski definition) is 2. The summed E-state index contributed by atoms with van der Waals surface area (Å²) in [6.07, 6.45) is 1.62. The van der Waals surface area contributed by atoms with E-state index < -0.39 is 4.70 Å². The van der Waals surface area contributed by atoms with E-state index in [0.29, 0.717) is 6.42 Å². The molecule has 0 aromatic carbocycles. The Kier molecular flexibility index (Phi) is 3.87. The highest BCUT2D eigenvalue weighted by atomic mass is 79.9. The van der Waals surface area contributed by atoms with Gasteiger partial charge in [0.2, 0.25) is 0 Å². The van der Waals surface area contributed by atoms with Crippen molar-refractivity contribution in [1.29, 1.82) is 0 Å². The van der Waals surface area contributed by atoms with E-state index in [9.17, 15) is 0 Å². The van der Waals surface area contributed by atoms with Gasteiger partial charge in [0.15, 0.2) is 0 Å². The van der Waals surface area contributed by atoms with Crippen molar-refractivity contribution in [2.75, 3.05) is 0 Å². The lowest BCUT2D eigenvalue weighted by atomic mass is 10.3. The lowest BCUT2D eigenvalue weighted by Gasteiger charge is -2.01. The second-order valence-electron chi connectivity index (χ2n) is 1.64. The summed E-state index contributed by atoms with van der Waals surface area (Å²) >= 11 is 2.55. The Morgan fingerprint density at radius 3 is 2.44 bits per heavy atom. The third-order valence-corrected chi connectivity index (χ3v) is 0.821. The first-order valence-electron chi connectivity index (χ1n) is 2.70. The van der Waals surface area contributed by atoms with Gasteiger partial charge in [-0.05, 0) is 28.3 Å². The molecule has 0 spiro atoms. The Morgan fingerprint density at radius 1 is 1.56 bits per heavy atom. The van der Waals surface area contributed by atoms with E-state index in [-0.39, 0.29) is 0 Å². The summed E-state index contributed by atoms with van der Waals surface area (Å²) in [6.45, 7) is 1.97. The van der Waals surface area contributed by atoms with Crippen LogP contribution in [0.1, 0.15) is 19.8 Å². The molecule has 0 aliphatic heterocycles. The third kappa shape index (κ3) is 7.96. The molecule has 0 aromatic rings. The smallest absolute Gasteiger partial charge is 0.288 e. The zero-order chi connectivity index (χ0) is 7.33. The van der Waals surface area contributed by atoms with Crippen molar-refractivity contribution in [3.63, 3.8) is 0 Å². The summed E-state index contributed by atoms with van der Waals surface area (Å²) in [5.41, 5.74) is 0. The van der Waals surface area contributed by atoms with Crippen molar-refractivity contribution < 1.29 is 10.2 Å². The van der Waals surface area contributed by atoms with Gasteiger partial charge in [0.25, 0.3) is 4.70 Å². The van der Waals surface area contributed by atoms with E-state index in [1.165, 1.54) is 0 Å². The van der Waals surface area contributed by atoms with Gasteiger partial charge in [-0.1, -0.05) is 12.8 Å². The van der Waals surface area contributed by atoms with Crippen molar-refractivity contribution in [1.82, 2.24) is 0 Å². The van der Waals surface area contributed by atoms with Crippen molar-refractivity contribution in [2.24, 2.45) is 0 Å². The Balaban J connectivity index is 3.59. The van der Waals surface area contributed by atoms with Gasteiger partial charge in [-0.25, -0.2) is 0 Å². The minimum atomic E-state index is -2.00. The minimum Gasteiger partial charge on any atom is -0.347 e. The number of hydrogen-bond donors (Lipinski definition) is 2. The maximum absolute atomic E-state index is 8.54. The molecule has 9 heavy (non-hydrogen) atoms. The average molecular weight is 193 g/mol. The Bertz CT molecular complexity index is 126. The van der Waals surface area contributed by atoms with Crippen molar-refractivity contribution in [3.05, 3.63) is 0 Å². The standard InChI is InChI=1S/C6H9BrO2/c1-2-3-4-5-6(7,8)9/h8-9H,2-3H2,1H3. The van der Waals surface area contributed by atoms with Crippen LogP contribution in [0.15, 0.2) is 0 Å². The van der Waals surface area contributed by atoms with Crippen LogP contribution < -0.4 is 0 Å². The van der Waals surface area contributed by atoms with Gasteiger partial charge in [0.1, 0.15) is 0 Å². The van der Waals surface area contributed by atoms with Crippen LogP contribution in [0.5, 0.6) is 0 Å². The molecule has 0 heterocycles. The molecule has 0 fully saturated rings. The zero-order valence-corrected chi connectivity index (χ0v) is 6.77. The van der Waals surface area contributed by atoms with Gasteiger partial charge in [-0.3, -0.25) is 0 Å². The molecule has 3 heteroatoms. The molecule has 0 saturated heterocycles. The Hall–Kier alpha value is -0.0400. The molecule has 0 unspecified atom stereocenters. The fraction of sp³-hybridized carbons (Fsp3) is 0.667. The first-order valence-corrected chi connectivity index (χ1v) is 3.49. The topological polar surface area (TPSA) is 40.5 Å². The molecule has 0 aromatic heterocycles. The SMILES string of the molecule is CCCC#CC(O)(O)Br. The molecule has 52 valence electrons. The summed E-state index contributed by atoms with van der Waals surface area (Å²) in [4.78, 5) is 0. The maximum Gasteiger partial charge on any atom is 0.288 e. The van der Waals surface area contributed by atoms with E-state index in [4.69, 9.17) is 10.2 Å². The predicted octanol–water partition coefficient (Wildman–Crippen LogP) is 0.823. The summed E-state index contributed by atoms with van der Waals surface area (Å²) in [6, 6.07) is 0. The maximum atomic E-state index is 8.54. The molecule has 0 aliphatic rings. The van der Waals surface area contributed by atoms with Gasteiger partial charge in [0.05, 0.1) is 0 Å². The van der Waals surface area contributed by atoms with Crippen LogP contribution in [-0.2, 0) is 0 Å². The van der Waals surface area contributed by atoms with Gasteiger partial charge >= 0.3 is 0 Å². The Labute approximate surface area is 63.0 Å². The molecule has 2 nitrogen and oxygen atoms in total. The largest absolute Gasteiger partial charge is 0.347 e. The minimum absolute atomic E-state index is 0.689. The van der Waals surface area contributed by atoms with Gasteiger partial charge in [-0.15, -0.1) is 0 Å². The Morgan fingerprint density at radius 2 is 2.11 bits per heavy atom. The number of aliphatic hydroxyl groups is 2. The monoisotopic (exact) mass is 192 g/mol. The van der Waals surface area contributed by atoms with Crippen molar-refractivity contribution >= 4 is 15.9 Å². The summed E-state index contributed by atoms with van der Waals surface area (Å²) in [5, 5.41) is 17.1. The van der Waals surface area contributed by atoms with E-state index in [1.54, 1.807) is 0 Å². The normalized spacial score (nSPS) is 10.2. The molecule has 0 bridgehead atoms. The number of halogens is 1. The van der Waals surface area contributed by atoms with E-state index in [0.717, 1.165) is 6.42 Å². The fourth-order valence-corrected chi connectivity index (χ4v) is 0.440. The molecule has 0 amide bonds. The highest BCUT2D eigenvalue weighted by molar-refractivity contribution is 9.10. The molecular formula is C6H9BrO2. The number of rotatable bonds is 1. The third-order valence-electron chi connectivity index (χ3n) is 0.622. The van der Waals surface area contributed by atoms with Crippen molar-refractivity contribution in [2.45, 2.75) is 24.5 Å². The van der Waals surface area contributed by atoms with Crippen molar-refractivity contribution in [3.8, 4) is 11.8 Å². The fourth-order valence-electron chi connectivity index (χ4n) is 0.300. The molecule has 0 rings (SSSR count). The van der Waals surface area contributed by atoms with E-state index >= 15 is 0 Å². The molecule has 0 atom stereocenters. The second-order valence-corrected chi connectivity index (χ2v) is 2.74. The summed E-state index contributed by atoms with van der Waals surface area (Å²) in [7, 11) is 0. The first kappa shape index (κ1) is 8.96. The second kappa shape index (κ2) is 3.89. The quantitative estimate of drug-likeness (QED) is 0.367. The summed E-state index contributed by atoms with van der Waals surface area (Å²) in [5.74, 6) is 4.78. The van der Waals surface area contributed by atoms with Crippen LogP contribution in [0.2, 0.25) is 0 Å².